The zero-order chi connectivity index (χ0) is 13.8. The van der Waals surface area contributed by atoms with Crippen LogP contribution in [0.3, 0.4) is 0 Å². The van der Waals surface area contributed by atoms with Crippen LogP contribution in [0.15, 0.2) is 24.3 Å². The summed E-state index contributed by atoms with van der Waals surface area (Å²) in [5.41, 5.74) is -1.04. The second kappa shape index (κ2) is 5.83. The molecule has 1 atom stereocenters. The monoisotopic (exact) mass is 263 g/mol. The minimum absolute atomic E-state index is 0.542. The highest BCUT2D eigenvalue weighted by molar-refractivity contribution is 5.84. The Balaban J connectivity index is 2.80. The molecular formula is C11H12F3NO3. The van der Waals surface area contributed by atoms with Gasteiger partial charge in [0.15, 0.2) is 0 Å². The maximum atomic E-state index is 13.6. The number of amides is 1. The first-order chi connectivity index (χ1) is 8.39. The number of carbonyl (C=O) groups excluding carboxylic acids is 1. The topological polar surface area (TPSA) is 69.6 Å². The molecule has 1 rings (SSSR count). The highest BCUT2D eigenvalue weighted by atomic mass is 19.3. The number of nitrogens with one attached hydrogen (secondary N) is 1. The first-order valence-electron chi connectivity index (χ1n) is 5.09. The first kappa shape index (κ1) is 14.5. The first-order valence-corrected chi connectivity index (χ1v) is 5.09. The van der Waals surface area contributed by atoms with Crippen LogP contribution in [0.2, 0.25) is 0 Å². The molecule has 0 heterocycles. The SMILES string of the molecule is O=C(NC[C@@H](O)CO)C(F)(F)c1ccccc1F. The molecule has 7 heteroatoms. The smallest absolute Gasteiger partial charge is 0.352 e. The minimum atomic E-state index is -4.04. The molecule has 0 aliphatic heterocycles. The van der Waals surface area contributed by atoms with Crippen molar-refractivity contribution < 1.29 is 28.2 Å². The average Bonchev–Trinajstić information content (AvgIpc) is 2.35. The van der Waals surface area contributed by atoms with E-state index in [2.05, 4.69) is 0 Å². The Morgan fingerprint density at radius 1 is 1.39 bits per heavy atom. The summed E-state index contributed by atoms with van der Waals surface area (Å²) in [6.45, 7) is -1.22. The lowest BCUT2D eigenvalue weighted by Crippen LogP contribution is -2.42. The lowest BCUT2D eigenvalue weighted by Gasteiger charge is -2.17. The van der Waals surface area contributed by atoms with Gasteiger partial charge in [0, 0.05) is 6.54 Å². The van der Waals surface area contributed by atoms with E-state index in [-0.39, 0.29) is 0 Å². The lowest BCUT2D eigenvalue weighted by molar-refractivity contribution is -0.148. The van der Waals surface area contributed by atoms with Gasteiger partial charge in [0.05, 0.1) is 18.3 Å². The van der Waals surface area contributed by atoms with Gasteiger partial charge in [-0.1, -0.05) is 12.1 Å². The molecule has 0 bridgehead atoms. The van der Waals surface area contributed by atoms with E-state index >= 15 is 0 Å². The Labute approximate surface area is 101 Å². The van der Waals surface area contributed by atoms with E-state index in [9.17, 15) is 18.0 Å². The van der Waals surface area contributed by atoms with E-state index in [1.807, 2.05) is 0 Å². The highest BCUT2D eigenvalue weighted by Gasteiger charge is 2.42. The molecule has 1 aromatic carbocycles. The summed E-state index contributed by atoms with van der Waals surface area (Å²) in [5.74, 6) is -6.97. The zero-order valence-corrected chi connectivity index (χ0v) is 9.24. The number of carbonyl (C=O) groups is 1. The Hall–Kier alpha value is -1.60. The summed E-state index contributed by atoms with van der Waals surface area (Å²) in [4.78, 5) is 11.2. The molecule has 1 aromatic rings. The third-order valence-electron chi connectivity index (χ3n) is 2.21. The van der Waals surface area contributed by atoms with Gasteiger partial charge in [-0.05, 0) is 12.1 Å². The van der Waals surface area contributed by atoms with Crippen LogP contribution < -0.4 is 5.32 Å². The lowest BCUT2D eigenvalue weighted by atomic mass is 10.1. The molecule has 1 amide bonds. The summed E-state index contributed by atoms with van der Waals surface area (Å²) < 4.78 is 40.3. The van der Waals surface area contributed by atoms with E-state index in [0.717, 1.165) is 12.1 Å². The van der Waals surface area contributed by atoms with Gasteiger partial charge in [-0.2, -0.15) is 8.78 Å². The van der Waals surface area contributed by atoms with E-state index in [0.29, 0.717) is 0 Å². The standard InChI is InChI=1S/C11H12F3NO3/c12-9-4-2-1-3-8(9)11(13,14)10(18)15-5-7(17)6-16/h1-4,7,16-17H,5-6H2,(H,15,18)/t7-/m1/s1. The molecule has 0 saturated heterocycles. The van der Waals surface area contributed by atoms with E-state index in [4.69, 9.17) is 10.2 Å². The Kier molecular flexibility index (Phi) is 4.69. The van der Waals surface area contributed by atoms with E-state index < -0.39 is 42.5 Å². The van der Waals surface area contributed by atoms with Crippen molar-refractivity contribution in [1.29, 1.82) is 0 Å². The minimum Gasteiger partial charge on any atom is -0.394 e. The van der Waals surface area contributed by atoms with Crippen LogP contribution in [-0.4, -0.2) is 35.4 Å². The Morgan fingerprint density at radius 3 is 2.56 bits per heavy atom. The predicted octanol–water partition coefficient (Wildman–Crippen LogP) is 0.387. The number of rotatable bonds is 5. The number of benzene rings is 1. The van der Waals surface area contributed by atoms with Crippen molar-refractivity contribution in [2.75, 3.05) is 13.2 Å². The van der Waals surface area contributed by atoms with Gasteiger partial charge in [0.25, 0.3) is 5.91 Å². The molecule has 3 N–H and O–H groups in total. The summed E-state index contributed by atoms with van der Waals surface area (Å²) >= 11 is 0. The second-order valence-corrected chi connectivity index (χ2v) is 3.60. The quantitative estimate of drug-likeness (QED) is 0.719. The maximum absolute atomic E-state index is 13.6. The van der Waals surface area contributed by atoms with Gasteiger partial charge in [-0.25, -0.2) is 4.39 Å². The molecule has 0 aliphatic rings. The van der Waals surface area contributed by atoms with Crippen molar-refractivity contribution in [2.24, 2.45) is 0 Å². The van der Waals surface area contributed by atoms with Crippen LogP contribution in [0.1, 0.15) is 5.56 Å². The molecule has 0 aromatic heterocycles. The fourth-order valence-electron chi connectivity index (χ4n) is 1.22. The van der Waals surface area contributed by atoms with Crippen molar-refractivity contribution >= 4 is 5.91 Å². The number of aliphatic hydroxyl groups excluding tert-OH is 2. The molecular weight excluding hydrogens is 251 g/mol. The molecule has 0 aliphatic carbocycles. The molecule has 0 fully saturated rings. The molecule has 4 nitrogen and oxygen atoms in total. The fraction of sp³-hybridized carbons (Fsp3) is 0.364. The van der Waals surface area contributed by atoms with Gasteiger partial charge in [0.1, 0.15) is 5.82 Å². The summed E-state index contributed by atoms with van der Waals surface area (Å²) in [7, 11) is 0. The van der Waals surface area contributed by atoms with Gasteiger partial charge in [-0.3, -0.25) is 4.79 Å². The van der Waals surface area contributed by atoms with Crippen LogP contribution in [0.5, 0.6) is 0 Å². The van der Waals surface area contributed by atoms with Crippen LogP contribution in [0, 0.1) is 5.82 Å². The highest BCUT2D eigenvalue weighted by Crippen LogP contribution is 2.29. The zero-order valence-electron chi connectivity index (χ0n) is 9.24. The third kappa shape index (κ3) is 3.21. The van der Waals surface area contributed by atoms with Crippen molar-refractivity contribution in [2.45, 2.75) is 12.0 Å². The largest absolute Gasteiger partial charge is 0.394 e. The number of hydrogen-bond acceptors (Lipinski definition) is 3. The van der Waals surface area contributed by atoms with E-state index in [1.54, 1.807) is 5.32 Å². The number of halogens is 3. The van der Waals surface area contributed by atoms with Gasteiger partial charge < -0.3 is 15.5 Å². The molecule has 0 unspecified atom stereocenters. The normalized spacial score (nSPS) is 13.2. The van der Waals surface area contributed by atoms with Crippen molar-refractivity contribution in [3.8, 4) is 0 Å². The van der Waals surface area contributed by atoms with Gasteiger partial charge >= 0.3 is 5.92 Å². The second-order valence-electron chi connectivity index (χ2n) is 3.60. The molecule has 18 heavy (non-hydrogen) atoms. The van der Waals surface area contributed by atoms with Crippen molar-refractivity contribution in [3.63, 3.8) is 0 Å². The summed E-state index contributed by atoms with van der Waals surface area (Å²) in [6.07, 6.45) is -1.34. The van der Waals surface area contributed by atoms with Crippen molar-refractivity contribution in [3.05, 3.63) is 35.6 Å². The van der Waals surface area contributed by atoms with Crippen LogP contribution in [0.25, 0.3) is 0 Å². The van der Waals surface area contributed by atoms with Crippen LogP contribution in [-0.2, 0) is 10.7 Å². The average molecular weight is 263 g/mol. The van der Waals surface area contributed by atoms with E-state index in [1.165, 1.54) is 12.1 Å². The number of hydrogen-bond donors (Lipinski definition) is 3. The number of alkyl halides is 2. The van der Waals surface area contributed by atoms with Gasteiger partial charge in [0.2, 0.25) is 0 Å². The van der Waals surface area contributed by atoms with Gasteiger partial charge in [-0.15, -0.1) is 0 Å². The summed E-state index contributed by atoms with van der Waals surface area (Å²) in [6, 6.07) is 4.03. The third-order valence-corrected chi connectivity index (χ3v) is 2.21. The summed E-state index contributed by atoms with van der Waals surface area (Å²) in [5, 5.41) is 19.1. The number of aliphatic hydroxyl groups is 2. The Morgan fingerprint density at radius 2 is 2.00 bits per heavy atom. The Bertz CT molecular complexity index is 426. The van der Waals surface area contributed by atoms with Crippen LogP contribution >= 0.6 is 0 Å². The maximum Gasteiger partial charge on any atom is 0.352 e. The molecule has 100 valence electrons. The molecule has 0 radical (unpaired) electrons. The fourth-order valence-corrected chi connectivity index (χ4v) is 1.22. The van der Waals surface area contributed by atoms with Crippen LogP contribution in [0.4, 0.5) is 13.2 Å². The predicted molar refractivity (Wildman–Crippen MR) is 56.4 cm³/mol. The molecule has 0 saturated carbocycles. The molecule has 0 spiro atoms. The van der Waals surface area contributed by atoms with Crippen molar-refractivity contribution in [1.82, 2.24) is 5.32 Å².